The summed E-state index contributed by atoms with van der Waals surface area (Å²) in [5.74, 6) is -0.0960. The Kier molecular flexibility index (Phi) is 4.45. The number of carbonyl (C=O) groups excluding carboxylic acids is 1. The van der Waals surface area contributed by atoms with Gasteiger partial charge in [-0.15, -0.1) is 5.10 Å². The maximum Gasteiger partial charge on any atom is 0.257 e. The Labute approximate surface area is 179 Å². The number of imidazole rings is 1. The van der Waals surface area contributed by atoms with Gasteiger partial charge in [0.25, 0.3) is 5.91 Å². The molecule has 2 fully saturated rings. The summed E-state index contributed by atoms with van der Waals surface area (Å²) in [6.07, 6.45) is 6.39. The Bertz CT molecular complexity index is 1290. The number of aromatic nitrogens is 4. The lowest BCUT2D eigenvalue weighted by Gasteiger charge is -2.18. The lowest BCUT2D eigenvalue weighted by molar-refractivity contribution is 0.0952. The van der Waals surface area contributed by atoms with Crippen molar-refractivity contribution < 1.29 is 4.79 Å². The van der Waals surface area contributed by atoms with E-state index in [1.54, 1.807) is 6.20 Å². The van der Waals surface area contributed by atoms with E-state index in [0.29, 0.717) is 29.4 Å². The molecule has 31 heavy (non-hydrogen) atoms. The first-order chi connectivity index (χ1) is 15.3. The molecular weight excluding hydrogens is 390 g/mol. The standard InChI is InChI=1S/C23H25N7O/c31-23(24-11-14-29-12-3-4-13-29)19-20(26-15-7-8-15)16-9-10-25-28-21(16)30-18-6-2-1-5-17(18)27-22(19)30/h1-2,5-6,9-10,15,26H,3-4,7-8,11-14H2,(H,24,31). The van der Waals surface area contributed by atoms with Crippen LogP contribution in [0.25, 0.3) is 27.7 Å². The first kappa shape index (κ1) is 18.5. The van der Waals surface area contributed by atoms with Gasteiger partial charge in [0.05, 0.1) is 22.9 Å². The Balaban J connectivity index is 1.50. The van der Waals surface area contributed by atoms with Crippen molar-refractivity contribution in [2.75, 3.05) is 31.5 Å². The predicted molar refractivity (Wildman–Crippen MR) is 120 cm³/mol. The van der Waals surface area contributed by atoms with Crippen molar-refractivity contribution >= 4 is 39.3 Å². The smallest absolute Gasteiger partial charge is 0.257 e. The number of hydrogen-bond donors (Lipinski definition) is 2. The van der Waals surface area contributed by atoms with Crippen LogP contribution in [-0.2, 0) is 0 Å². The maximum atomic E-state index is 13.5. The molecule has 0 radical (unpaired) electrons. The zero-order valence-electron chi connectivity index (χ0n) is 17.3. The van der Waals surface area contributed by atoms with Gasteiger partial charge >= 0.3 is 0 Å². The van der Waals surface area contributed by atoms with Crippen molar-refractivity contribution in [3.63, 3.8) is 0 Å². The second kappa shape index (κ2) is 7.46. The van der Waals surface area contributed by atoms with E-state index < -0.39 is 0 Å². The minimum Gasteiger partial charge on any atom is -0.381 e. The van der Waals surface area contributed by atoms with E-state index in [2.05, 4.69) is 25.7 Å². The van der Waals surface area contributed by atoms with Crippen LogP contribution in [-0.4, -0.2) is 62.6 Å². The Morgan fingerprint density at radius 3 is 2.77 bits per heavy atom. The molecule has 3 aromatic heterocycles. The number of pyridine rings is 1. The van der Waals surface area contributed by atoms with Crippen LogP contribution in [0.3, 0.4) is 0 Å². The van der Waals surface area contributed by atoms with Crippen LogP contribution in [0, 0.1) is 0 Å². The molecule has 1 saturated heterocycles. The summed E-state index contributed by atoms with van der Waals surface area (Å²) in [6, 6.07) is 10.2. The first-order valence-corrected chi connectivity index (χ1v) is 11.1. The number of anilines is 1. The van der Waals surface area contributed by atoms with Crippen molar-refractivity contribution in [2.24, 2.45) is 0 Å². The second-order valence-electron chi connectivity index (χ2n) is 8.50. The summed E-state index contributed by atoms with van der Waals surface area (Å²) in [6.45, 7) is 3.74. The summed E-state index contributed by atoms with van der Waals surface area (Å²) in [5, 5.41) is 16.2. The largest absolute Gasteiger partial charge is 0.381 e. The topological polar surface area (TPSA) is 87.5 Å². The fraction of sp³-hybridized carbons (Fsp3) is 0.391. The minimum atomic E-state index is -0.0960. The Morgan fingerprint density at radius 1 is 1.10 bits per heavy atom. The zero-order chi connectivity index (χ0) is 20.8. The molecule has 1 saturated carbocycles. The molecule has 1 aliphatic carbocycles. The van der Waals surface area contributed by atoms with Crippen molar-refractivity contribution in [3.8, 4) is 0 Å². The van der Waals surface area contributed by atoms with Gasteiger partial charge < -0.3 is 15.5 Å². The molecule has 8 nitrogen and oxygen atoms in total. The third-order valence-electron chi connectivity index (χ3n) is 6.28. The van der Waals surface area contributed by atoms with Gasteiger partial charge in [0.2, 0.25) is 0 Å². The number of fused-ring (bicyclic) bond motifs is 5. The molecule has 0 spiro atoms. The molecule has 2 N–H and O–H groups in total. The highest BCUT2D eigenvalue weighted by atomic mass is 16.1. The number of nitrogens with one attached hydrogen (secondary N) is 2. The molecular formula is C23H25N7O. The van der Waals surface area contributed by atoms with Gasteiger partial charge in [-0.05, 0) is 57.0 Å². The minimum absolute atomic E-state index is 0.0960. The van der Waals surface area contributed by atoms with Crippen molar-refractivity contribution in [1.82, 2.24) is 29.8 Å². The van der Waals surface area contributed by atoms with Crippen LogP contribution in [0.1, 0.15) is 36.0 Å². The first-order valence-electron chi connectivity index (χ1n) is 11.1. The van der Waals surface area contributed by atoms with Gasteiger partial charge in [0.15, 0.2) is 11.3 Å². The average Bonchev–Trinajstić information content (AvgIpc) is 3.30. The fourth-order valence-electron chi connectivity index (χ4n) is 4.56. The van der Waals surface area contributed by atoms with Crippen molar-refractivity contribution in [3.05, 3.63) is 42.1 Å². The van der Waals surface area contributed by atoms with Gasteiger partial charge in [-0.25, -0.2) is 4.98 Å². The van der Waals surface area contributed by atoms with Crippen molar-refractivity contribution in [2.45, 2.75) is 31.7 Å². The number of amides is 1. The van der Waals surface area contributed by atoms with Gasteiger partial charge in [-0.2, -0.15) is 5.10 Å². The quantitative estimate of drug-likeness (QED) is 0.504. The Hall–Kier alpha value is -3.26. The monoisotopic (exact) mass is 415 g/mol. The van der Waals surface area contributed by atoms with E-state index in [4.69, 9.17) is 4.98 Å². The van der Waals surface area contributed by atoms with Crippen LogP contribution in [0.4, 0.5) is 5.69 Å². The molecule has 1 aliphatic heterocycles. The molecule has 1 amide bonds. The number of benzene rings is 1. The molecule has 8 heteroatoms. The van der Waals surface area contributed by atoms with E-state index in [0.717, 1.165) is 54.6 Å². The van der Waals surface area contributed by atoms with Crippen LogP contribution in [0.15, 0.2) is 36.5 Å². The van der Waals surface area contributed by atoms with E-state index in [1.807, 2.05) is 34.7 Å². The highest BCUT2D eigenvalue weighted by Gasteiger charge is 2.29. The summed E-state index contributed by atoms with van der Waals surface area (Å²) < 4.78 is 1.96. The fourth-order valence-corrected chi connectivity index (χ4v) is 4.56. The number of para-hydroxylation sites is 2. The summed E-state index contributed by atoms with van der Waals surface area (Å²) >= 11 is 0. The maximum absolute atomic E-state index is 13.5. The average molecular weight is 416 g/mol. The molecule has 4 heterocycles. The highest BCUT2D eigenvalue weighted by Crippen LogP contribution is 2.36. The number of likely N-dealkylation sites (tertiary alicyclic amines) is 1. The van der Waals surface area contributed by atoms with Crippen LogP contribution < -0.4 is 10.6 Å². The van der Waals surface area contributed by atoms with Gasteiger partial charge in [-0.3, -0.25) is 9.20 Å². The SMILES string of the molecule is O=C(NCCN1CCCC1)c1c(NC2CC2)c2ccnnc2n2c1nc1ccccc12. The molecule has 4 aromatic rings. The zero-order valence-corrected chi connectivity index (χ0v) is 17.3. The van der Waals surface area contributed by atoms with E-state index >= 15 is 0 Å². The molecule has 158 valence electrons. The third-order valence-corrected chi connectivity index (χ3v) is 6.28. The second-order valence-corrected chi connectivity index (χ2v) is 8.50. The van der Waals surface area contributed by atoms with Gasteiger partial charge in [-0.1, -0.05) is 12.1 Å². The number of rotatable bonds is 6. The van der Waals surface area contributed by atoms with Gasteiger partial charge in [0.1, 0.15) is 5.56 Å². The summed E-state index contributed by atoms with van der Waals surface area (Å²) in [4.78, 5) is 20.8. The lowest BCUT2D eigenvalue weighted by Crippen LogP contribution is -2.34. The van der Waals surface area contributed by atoms with E-state index in [9.17, 15) is 4.79 Å². The lowest BCUT2D eigenvalue weighted by atomic mass is 10.1. The molecule has 0 atom stereocenters. The molecule has 0 unspecified atom stereocenters. The van der Waals surface area contributed by atoms with Crippen LogP contribution in [0.2, 0.25) is 0 Å². The van der Waals surface area contributed by atoms with Gasteiger partial charge in [0, 0.05) is 24.5 Å². The van der Waals surface area contributed by atoms with E-state index in [1.165, 1.54) is 12.8 Å². The summed E-state index contributed by atoms with van der Waals surface area (Å²) in [7, 11) is 0. The molecule has 2 aliphatic rings. The predicted octanol–water partition coefficient (Wildman–Crippen LogP) is 2.83. The van der Waals surface area contributed by atoms with Crippen LogP contribution >= 0.6 is 0 Å². The number of carbonyl (C=O) groups is 1. The summed E-state index contributed by atoms with van der Waals surface area (Å²) in [5.41, 5.74) is 4.49. The van der Waals surface area contributed by atoms with Crippen LogP contribution in [0.5, 0.6) is 0 Å². The molecule has 0 bridgehead atoms. The molecule has 1 aromatic carbocycles. The number of nitrogens with zero attached hydrogens (tertiary/aromatic N) is 5. The third kappa shape index (κ3) is 3.27. The molecule has 6 rings (SSSR count). The van der Waals surface area contributed by atoms with E-state index in [-0.39, 0.29) is 5.91 Å². The highest BCUT2D eigenvalue weighted by molar-refractivity contribution is 6.13. The Morgan fingerprint density at radius 2 is 1.94 bits per heavy atom. The number of hydrogen-bond acceptors (Lipinski definition) is 6. The van der Waals surface area contributed by atoms with Crippen molar-refractivity contribution in [1.29, 1.82) is 0 Å². The normalized spacial score (nSPS) is 17.0.